The monoisotopic (exact) mass is 302 g/mol. The number of ether oxygens (including phenoxy) is 1. The average molecular weight is 303 g/mol. The normalized spacial score (nSPS) is 10.2. The van der Waals surface area contributed by atoms with Crippen molar-refractivity contribution in [3.05, 3.63) is 32.8 Å². The highest BCUT2D eigenvalue weighted by Crippen LogP contribution is 2.27. The molecule has 0 fully saturated rings. The number of benzene rings is 1. The number of methoxy groups -OCH3 is 1. The molecule has 1 N–H and O–H groups in total. The maximum atomic E-state index is 10.8. The molecule has 0 radical (unpaired) electrons. The molecule has 1 aromatic rings. The summed E-state index contributed by atoms with van der Waals surface area (Å²) >= 11 is 3.22. The van der Waals surface area contributed by atoms with E-state index in [9.17, 15) is 10.1 Å². The van der Waals surface area contributed by atoms with Crippen molar-refractivity contribution in [3.63, 3.8) is 0 Å². The van der Waals surface area contributed by atoms with Gasteiger partial charge in [0.2, 0.25) is 0 Å². The third-order valence-corrected chi connectivity index (χ3v) is 2.74. The van der Waals surface area contributed by atoms with Crippen LogP contribution in [-0.4, -0.2) is 25.2 Å². The van der Waals surface area contributed by atoms with Crippen molar-refractivity contribution in [1.82, 2.24) is 0 Å². The Morgan fingerprint density at radius 1 is 1.47 bits per heavy atom. The molecule has 0 aliphatic carbocycles. The first-order valence-corrected chi connectivity index (χ1v) is 6.11. The van der Waals surface area contributed by atoms with Gasteiger partial charge in [0.15, 0.2) is 0 Å². The van der Waals surface area contributed by atoms with Gasteiger partial charge in [-0.25, -0.2) is 0 Å². The number of nitro benzene ring substituents is 1. The Morgan fingerprint density at radius 3 is 2.88 bits per heavy atom. The van der Waals surface area contributed by atoms with E-state index >= 15 is 0 Å². The highest BCUT2D eigenvalue weighted by molar-refractivity contribution is 9.10. The minimum absolute atomic E-state index is 0.0890. The van der Waals surface area contributed by atoms with Gasteiger partial charge in [0.05, 0.1) is 4.92 Å². The Kier molecular flexibility index (Phi) is 5.93. The fourth-order valence-electron chi connectivity index (χ4n) is 1.40. The number of unbranched alkanes of at least 4 members (excludes halogenated alkanes) is 1. The third-order valence-electron chi connectivity index (χ3n) is 2.25. The van der Waals surface area contributed by atoms with E-state index in [-0.39, 0.29) is 10.6 Å². The van der Waals surface area contributed by atoms with E-state index in [2.05, 4.69) is 21.2 Å². The second-order valence-corrected chi connectivity index (χ2v) is 4.46. The molecular formula is C11H15BrN2O3. The first kappa shape index (κ1) is 13.9. The molecule has 0 aliphatic heterocycles. The highest BCUT2D eigenvalue weighted by Gasteiger charge is 2.13. The van der Waals surface area contributed by atoms with Gasteiger partial charge in [0, 0.05) is 30.8 Å². The second-order valence-electron chi connectivity index (χ2n) is 3.55. The zero-order chi connectivity index (χ0) is 12.7. The van der Waals surface area contributed by atoms with E-state index < -0.39 is 0 Å². The highest BCUT2D eigenvalue weighted by atomic mass is 79.9. The second kappa shape index (κ2) is 7.24. The van der Waals surface area contributed by atoms with Gasteiger partial charge >= 0.3 is 0 Å². The Hall–Kier alpha value is -1.14. The van der Waals surface area contributed by atoms with Gasteiger partial charge in [-0.1, -0.05) is 15.9 Å². The van der Waals surface area contributed by atoms with E-state index in [4.69, 9.17) is 4.74 Å². The number of halogens is 1. The molecule has 1 rings (SSSR count). The van der Waals surface area contributed by atoms with Gasteiger partial charge < -0.3 is 10.1 Å². The molecule has 0 aliphatic rings. The molecule has 17 heavy (non-hydrogen) atoms. The van der Waals surface area contributed by atoms with Crippen LogP contribution >= 0.6 is 15.9 Å². The molecule has 0 saturated carbocycles. The van der Waals surface area contributed by atoms with E-state index in [0.29, 0.717) is 23.3 Å². The Bertz CT molecular complexity index is 385. The van der Waals surface area contributed by atoms with E-state index in [1.165, 1.54) is 6.07 Å². The van der Waals surface area contributed by atoms with Crippen LogP contribution < -0.4 is 5.32 Å². The number of nitro groups is 1. The number of anilines is 1. The van der Waals surface area contributed by atoms with Crippen LogP contribution in [-0.2, 0) is 4.74 Å². The zero-order valence-corrected chi connectivity index (χ0v) is 11.2. The van der Waals surface area contributed by atoms with Gasteiger partial charge in [0.25, 0.3) is 5.69 Å². The van der Waals surface area contributed by atoms with Gasteiger partial charge in [-0.2, -0.15) is 0 Å². The van der Waals surface area contributed by atoms with Crippen LogP contribution in [0.25, 0.3) is 0 Å². The molecular weight excluding hydrogens is 288 g/mol. The summed E-state index contributed by atoms with van der Waals surface area (Å²) in [6.07, 6.45) is 1.86. The molecule has 0 aromatic heterocycles. The quantitative estimate of drug-likeness (QED) is 0.477. The van der Waals surface area contributed by atoms with Crippen molar-refractivity contribution in [2.45, 2.75) is 12.8 Å². The van der Waals surface area contributed by atoms with Gasteiger partial charge in [-0.3, -0.25) is 10.1 Å². The van der Waals surface area contributed by atoms with E-state index in [1.54, 1.807) is 19.2 Å². The smallest absolute Gasteiger partial charge is 0.293 e. The van der Waals surface area contributed by atoms with Crippen molar-refractivity contribution < 1.29 is 9.66 Å². The van der Waals surface area contributed by atoms with Crippen molar-refractivity contribution in [1.29, 1.82) is 0 Å². The summed E-state index contributed by atoms with van der Waals surface area (Å²) in [5, 5.41) is 13.9. The predicted molar refractivity (Wildman–Crippen MR) is 70.4 cm³/mol. The number of hydrogen-bond donors (Lipinski definition) is 1. The third kappa shape index (κ3) is 4.70. The largest absolute Gasteiger partial charge is 0.385 e. The average Bonchev–Trinajstić information content (AvgIpc) is 2.30. The summed E-state index contributed by atoms with van der Waals surface area (Å²) in [4.78, 5) is 10.4. The van der Waals surface area contributed by atoms with E-state index in [1.807, 2.05) is 0 Å². The SMILES string of the molecule is COCCCCNc1ccc(Br)cc1[N+](=O)[O-]. The fraction of sp³-hybridized carbons (Fsp3) is 0.455. The first-order valence-electron chi connectivity index (χ1n) is 5.32. The minimum atomic E-state index is -0.387. The predicted octanol–water partition coefficient (Wildman–Crippen LogP) is 3.20. The molecule has 6 heteroatoms. The number of nitrogens with zero attached hydrogens (tertiary/aromatic N) is 1. The standard InChI is InChI=1S/C11H15BrN2O3/c1-17-7-3-2-6-13-10-5-4-9(12)8-11(10)14(15)16/h4-5,8,13H,2-3,6-7H2,1H3. The minimum Gasteiger partial charge on any atom is -0.385 e. The summed E-state index contributed by atoms with van der Waals surface area (Å²) in [5.41, 5.74) is 0.640. The first-order chi connectivity index (χ1) is 8.15. The molecule has 0 saturated heterocycles. The maximum Gasteiger partial charge on any atom is 0.293 e. The lowest BCUT2D eigenvalue weighted by molar-refractivity contribution is -0.384. The summed E-state index contributed by atoms with van der Waals surface area (Å²) in [5.74, 6) is 0. The molecule has 0 spiro atoms. The molecule has 0 unspecified atom stereocenters. The van der Waals surface area contributed by atoms with Crippen LogP contribution in [0.2, 0.25) is 0 Å². The lowest BCUT2D eigenvalue weighted by Gasteiger charge is -2.07. The molecule has 0 bridgehead atoms. The van der Waals surface area contributed by atoms with Crippen LogP contribution in [0.5, 0.6) is 0 Å². The topological polar surface area (TPSA) is 64.4 Å². The van der Waals surface area contributed by atoms with Crippen molar-refractivity contribution in [2.75, 3.05) is 25.6 Å². The van der Waals surface area contributed by atoms with Crippen LogP contribution in [0.3, 0.4) is 0 Å². The van der Waals surface area contributed by atoms with E-state index in [0.717, 1.165) is 12.8 Å². The van der Waals surface area contributed by atoms with Gasteiger partial charge in [0.1, 0.15) is 5.69 Å². The Labute approximate surface area is 108 Å². The van der Waals surface area contributed by atoms with Crippen LogP contribution in [0.4, 0.5) is 11.4 Å². The van der Waals surface area contributed by atoms with Crippen molar-refractivity contribution >= 4 is 27.3 Å². The summed E-state index contributed by atoms with van der Waals surface area (Å²) in [6, 6.07) is 4.99. The lowest BCUT2D eigenvalue weighted by Crippen LogP contribution is -2.05. The van der Waals surface area contributed by atoms with Crippen molar-refractivity contribution in [3.8, 4) is 0 Å². The summed E-state index contributed by atoms with van der Waals surface area (Å²) in [6.45, 7) is 1.41. The van der Waals surface area contributed by atoms with Crippen LogP contribution in [0, 0.1) is 10.1 Å². The lowest BCUT2D eigenvalue weighted by atomic mass is 10.2. The molecule has 0 amide bonds. The zero-order valence-electron chi connectivity index (χ0n) is 9.61. The number of rotatable bonds is 7. The number of hydrogen-bond acceptors (Lipinski definition) is 4. The van der Waals surface area contributed by atoms with Gasteiger partial charge in [-0.15, -0.1) is 0 Å². The molecule has 0 heterocycles. The van der Waals surface area contributed by atoms with Crippen molar-refractivity contribution in [2.24, 2.45) is 0 Å². The summed E-state index contributed by atoms with van der Waals surface area (Å²) < 4.78 is 5.63. The maximum absolute atomic E-state index is 10.8. The fourth-order valence-corrected chi connectivity index (χ4v) is 1.75. The number of nitrogens with one attached hydrogen (secondary N) is 1. The van der Waals surface area contributed by atoms with Crippen LogP contribution in [0.1, 0.15) is 12.8 Å². The van der Waals surface area contributed by atoms with Crippen LogP contribution in [0.15, 0.2) is 22.7 Å². The molecule has 1 aromatic carbocycles. The molecule has 0 atom stereocenters. The van der Waals surface area contributed by atoms with Gasteiger partial charge in [-0.05, 0) is 25.0 Å². The molecule has 5 nitrogen and oxygen atoms in total. The Morgan fingerprint density at radius 2 is 2.24 bits per heavy atom. The summed E-state index contributed by atoms with van der Waals surface area (Å²) in [7, 11) is 1.66. The Balaban J connectivity index is 2.55. The molecule has 94 valence electrons.